The molecule has 0 atom stereocenters. The SMILES string of the molecule is COc1cccc2sc(NC(=O)CN(C)S(=O)(=O)c3ccc(C#N)cc3)nc12. The quantitative estimate of drug-likeness (QED) is 0.660. The number of sulfonamides is 1. The molecule has 1 N–H and O–H groups in total. The summed E-state index contributed by atoms with van der Waals surface area (Å²) in [6.45, 7) is -0.380. The molecule has 8 nitrogen and oxygen atoms in total. The van der Waals surface area contributed by atoms with E-state index in [1.807, 2.05) is 18.2 Å². The van der Waals surface area contributed by atoms with Gasteiger partial charge >= 0.3 is 0 Å². The summed E-state index contributed by atoms with van der Waals surface area (Å²) in [6, 6.07) is 12.9. The highest BCUT2D eigenvalue weighted by atomic mass is 32.2. The van der Waals surface area contributed by atoms with Crippen molar-refractivity contribution in [3.05, 3.63) is 48.0 Å². The van der Waals surface area contributed by atoms with Gasteiger partial charge in [-0.3, -0.25) is 4.79 Å². The highest BCUT2D eigenvalue weighted by molar-refractivity contribution is 7.89. The molecule has 10 heteroatoms. The van der Waals surface area contributed by atoms with E-state index in [1.54, 1.807) is 6.07 Å². The summed E-state index contributed by atoms with van der Waals surface area (Å²) >= 11 is 1.27. The lowest BCUT2D eigenvalue weighted by Crippen LogP contribution is -2.34. The Morgan fingerprint density at radius 1 is 1.29 bits per heavy atom. The molecule has 1 heterocycles. The van der Waals surface area contributed by atoms with Crippen molar-refractivity contribution in [1.29, 1.82) is 5.26 Å². The Morgan fingerprint density at radius 2 is 2.00 bits per heavy atom. The standard InChI is InChI=1S/C18H16N4O4S2/c1-22(28(24,25)13-8-6-12(10-19)7-9-13)11-16(23)20-18-21-17-14(26-2)4-3-5-15(17)27-18/h3-9H,11H2,1-2H3,(H,20,21,23). The van der Waals surface area contributed by atoms with Crippen LogP contribution in [-0.2, 0) is 14.8 Å². The van der Waals surface area contributed by atoms with E-state index in [9.17, 15) is 13.2 Å². The lowest BCUT2D eigenvalue weighted by atomic mass is 10.2. The van der Waals surface area contributed by atoms with E-state index in [1.165, 1.54) is 49.8 Å². The number of fused-ring (bicyclic) bond motifs is 1. The lowest BCUT2D eigenvalue weighted by Gasteiger charge is -2.16. The number of likely N-dealkylation sites (N-methyl/N-ethyl adjacent to an activating group) is 1. The number of amides is 1. The second kappa shape index (κ2) is 7.93. The maximum Gasteiger partial charge on any atom is 0.243 e. The van der Waals surface area contributed by atoms with Crippen LogP contribution in [-0.4, -0.2) is 44.3 Å². The molecule has 2 aromatic carbocycles. The van der Waals surface area contributed by atoms with Crippen LogP contribution in [0.15, 0.2) is 47.4 Å². The topological polar surface area (TPSA) is 112 Å². The van der Waals surface area contributed by atoms with Crippen molar-refractivity contribution in [2.24, 2.45) is 0 Å². The van der Waals surface area contributed by atoms with Crippen LogP contribution >= 0.6 is 11.3 Å². The predicted molar refractivity (Wildman–Crippen MR) is 106 cm³/mol. The van der Waals surface area contributed by atoms with Crippen molar-refractivity contribution in [2.75, 3.05) is 26.0 Å². The van der Waals surface area contributed by atoms with E-state index in [4.69, 9.17) is 10.00 Å². The molecule has 0 saturated heterocycles. The van der Waals surface area contributed by atoms with Crippen LogP contribution in [0, 0.1) is 11.3 Å². The number of nitriles is 1. The predicted octanol–water partition coefficient (Wildman–Crippen LogP) is 2.44. The Morgan fingerprint density at radius 3 is 2.64 bits per heavy atom. The fraction of sp³-hybridized carbons (Fsp3) is 0.167. The third-order valence-electron chi connectivity index (χ3n) is 3.91. The number of carbonyl (C=O) groups is 1. The van der Waals surface area contributed by atoms with E-state index >= 15 is 0 Å². The second-order valence-electron chi connectivity index (χ2n) is 5.77. The minimum Gasteiger partial charge on any atom is -0.494 e. The molecule has 0 spiro atoms. The van der Waals surface area contributed by atoms with Crippen molar-refractivity contribution in [3.63, 3.8) is 0 Å². The summed E-state index contributed by atoms with van der Waals surface area (Å²) in [4.78, 5) is 16.6. The number of thiazole rings is 1. The Labute approximate surface area is 166 Å². The number of benzene rings is 2. The van der Waals surface area contributed by atoms with Gasteiger partial charge in [-0.15, -0.1) is 0 Å². The average molecular weight is 416 g/mol. The van der Waals surface area contributed by atoms with E-state index in [0.29, 0.717) is 22.0 Å². The Bertz CT molecular complexity index is 1160. The first-order valence-corrected chi connectivity index (χ1v) is 10.3. The molecule has 0 aliphatic carbocycles. The van der Waals surface area contributed by atoms with Crippen LogP contribution < -0.4 is 10.1 Å². The Kier molecular flexibility index (Phi) is 5.60. The number of anilines is 1. The summed E-state index contributed by atoms with van der Waals surface area (Å²) < 4.78 is 32.2. The summed E-state index contributed by atoms with van der Waals surface area (Å²) in [5, 5.41) is 11.8. The van der Waals surface area contributed by atoms with Gasteiger partial charge in [0.2, 0.25) is 15.9 Å². The zero-order chi connectivity index (χ0) is 20.3. The van der Waals surface area contributed by atoms with Crippen LogP contribution in [0.3, 0.4) is 0 Å². The third kappa shape index (κ3) is 3.96. The molecule has 3 aromatic rings. The first-order valence-electron chi connectivity index (χ1n) is 8.05. The van der Waals surface area contributed by atoms with Crippen LogP contribution in [0.5, 0.6) is 5.75 Å². The largest absolute Gasteiger partial charge is 0.494 e. The van der Waals surface area contributed by atoms with Gasteiger partial charge in [0.1, 0.15) is 11.3 Å². The number of rotatable bonds is 6. The smallest absolute Gasteiger partial charge is 0.243 e. The molecule has 0 unspecified atom stereocenters. The van der Waals surface area contributed by atoms with Gasteiger partial charge < -0.3 is 10.1 Å². The van der Waals surface area contributed by atoms with E-state index in [0.717, 1.165) is 9.01 Å². The molecular weight excluding hydrogens is 400 g/mol. The first-order chi connectivity index (χ1) is 13.3. The van der Waals surface area contributed by atoms with Gasteiger partial charge in [-0.05, 0) is 36.4 Å². The highest BCUT2D eigenvalue weighted by Gasteiger charge is 2.23. The molecule has 144 valence electrons. The number of para-hydroxylation sites is 1. The van der Waals surface area contributed by atoms with Gasteiger partial charge in [0.15, 0.2) is 5.13 Å². The molecule has 28 heavy (non-hydrogen) atoms. The lowest BCUT2D eigenvalue weighted by molar-refractivity contribution is -0.116. The minimum atomic E-state index is -3.86. The van der Waals surface area contributed by atoms with Gasteiger partial charge in [0, 0.05) is 7.05 Å². The van der Waals surface area contributed by atoms with Crippen LogP contribution in [0.25, 0.3) is 10.2 Å². The fourth-order valence-electron chi connectivity index (χ4n) is 2.47. The zero-order valence-electron chi connectivity index (χ0n) is 15.0. The van der Waals surface area contributed by atoms with Crippen molar-refractivity contribution in [1.82, 2.24) is 9.29 Å². The maximum atomic E-state index is 12.6. The van der Waals surface area contributed by atoms with Crippen molar-refractivity contribution < 1.29 is 17.9 Å². The van der Waals surface area contributed by atoms with E-state index < -0.39 is 15.9 Å². The summed E-state index contributed by atoms with van der Waals surface area (Å²) in [6.07, 6.45) is 0. The molecule has 0 aliphatic rings. The monoisotopic (exact) mass is 416 g/mol. The number of aromatic nitrogens is 1. The summed E-state index contributed by atoms with van der Waals surface area (Å²) in [7, 11) is -1.01. The molecule has 0 bridgehead atoms. The van der Waals surface area contributed by atoms with Crippen molar-refractivity contribution in [2.45, 2.75) is 4.90 Å². The number of nitrogens with one attached hydrogen (secondary N) is 1. The van der Waals surface area contributed by atoms with Crippen LogP contribution in [0.2, 0.25) is 0 Å². The average Bonchev–Trinajstić information content (AvgIpc) is 3.10. The zero-order valence-corrected chi connectivity index (χ0v) is 16.7. The van der Waals surface area contributed by atoms with Crippen molar-refractivity contribution in [3.8, 4) is 11.8 Å². The summed E-state index contributed by atoms with van der Waals surface area (Å²) in [5.41, 5.74) is 0.981. The van der Waals surface area contributed by atoms with E-state index in [-0.39, 0.29) is 11.4 Å². The molecule has 0 aliphatic heterocycles. The molecule has 3 rings (SSSR count). The van der Waals surface area contributed by atoms with Gasteiger partial charge in [-0.25, -0.2) is 13.4 Å². The third-order valence-corrected chi connectivity index (χ3v) is 6.66. The minimum absolute atomic E-state index is 0.00604. The van der Waals surface area contributed by atoms with Crippen molar-refractivity contribution >= 4 is 42.6 Å². The number of hydrogen-bond donors (Lipinski definition) is 1. The number of carbonyl (C=O) groups excluding carboxylic acids is 1. The molecule has 1 amide bonds. The van der Waals surface area contributed by atoms with Gasteiger partial charge in [-0.1, -0.05) is 17.4 Å². The van der Waals surface area contributed by atoms with Gasteiger partial charge in [-0.2, -0.15) is 9.57 Å². The molecular formula is C18H16N4O4S2. The second-order valence-corrected chi connectivity index (χ2v) is 8.85. The highest BCUT2D eigenvalue weighted by Crippen LogP contribution is 2.32. The molecule has 0 radical (unpaired) electrons. The van der Waals surface area contributed by atoms with Crippen LogP contribution in [0.4, 0.5) is 5.13 Å². The summed E-state index contributed by atoms with van der Waals surface area (Å²) in [5.74, 6) is 0.0764. The Balaban J connectivity index is 1.72. The normalized spacial score (nSPS) is 11.4. The fourth-order valence-corrected chi connectivity index (χ4v) is 4.50. The molecule has 1 aromatic heterocycles. The van der Waals surface area contributed by atoms with Gasteiger partial charge in [0.25, 0.3) is 0 Å². The Hall–Kier alpha value is -3.00. The first kappa shape index (κ1) is 19.8. The maximum absolute atomic E-state index is 12.6. The number of methoxy groups -OCH3 is 1. The molecule has 0 fully saturated rings. The number of hydrogen-bond acceptors (Lipinski definition) is 7. The van der Waals surface area contributed by atoms with Gasteiger partial charge in [0.05, 0.1) is 34.9 Å². The number of nitrogens with zero attached hydrogens (tertiary/aromatic N) is 3. The van der Waals surface area contributed by atoms with Crippen LogP contribution in [0.1, 0.15) is 5.56 Å². The van der Waals surface area contributed by atoms with E-state index in [2.05, 4.69) is 10.3 Å². The number of ether oxygens (including phenoxy) is 1. The molecule has 0 saturated carbocycles.